The van der Waals surface area contributed by atoms with Crippen molar-refractivity contribution >= 4 is 0 Å². The molecule has 12 heavy (non-hydrogen) atoms. The van der Waals surface area contributed by atoms with Crippen LogP contribution >= 0.6 is 0 Å². The lowest BCUT2D eigenvalue weighted by Gasteiger charge is -2.32. The first-order valence-corrected chi connectivity index (χ1v) is 4.71. The van der Waals surface area contributed by atoms with Crippen LogP contribution in [0.4, 0.5) is 0 Å². The van der Waals surface area contributed by atoms with Crippen molar-refractivity contribution in [1.82, 2.24) is 0 Å². The molecule has 0 bridgehead atoms. The summed E-state index contributed by atoms with van der Waals surface area (Å²) in [5.41, 5.74) is 0. The lowest BCUT2D eigenvalue weighted by atomic mass is 9.99. The average molecular weight is 172 g/mol. The molecule has 3 nitrogen and oxygen atoms in total. The summed E-state index contributed by atoms with van der Waals surface area (Å²) in [6.45, 7) is 5.58. The second-order valence-electron chi connectivity index (χ2n) is 3.53. The lowest BCUT2D eigenvalue weighted by molar-refractivity contribution is -0.116. The first-order chi connectivity index (χ1) is 5.90. The van der Waals surface area contributed by atoms with Gasteiger partial charge < -0.3 is 14.2 Å². The molecular formula is C9H16O3. The molecule has 2 rings (SSSR count). The number of hydrogen-bond acceptors (Lipinski definition) is 3. The van der Waals surface area contributed by atoms with E-state index in [2.05, 4.69) is 6.92 Å². The molecule has 2 atom stereocenters. The van der Waals surface area contributed by atoms with Crippen LogP contribution in [-0.2, 0) is 14.2 Å². The van der Waals surface area contributed by atoms with Gasteiger partial charge in [-0.2, -0.15) is 0 Å². The van der Waals surface area contributed by atoms with E-state index in [9.17, 15) is 0 Å². The van der Waals surface area contributed by atoms with Crippen molar-refractivity contribution in [1.29, 1.82) is 0 Å². The summed E-state index contributed by atoms with van der Waals surface area (Å²) >= 11 is 0. The van der Waals surface area contributed by atoms with Crippen LogP contribution in [0, 0.1) is 5.92 Å². The van der Waals surface area contributed by atoms with Gasteiger partial charge in [-0.3, -0.25) is 0 Å². The zero-order valence-corrected chi connectivity index (χ0v) is 7.49. The summed E-state index contributed by atoms with van der Waals surface area (Å²) in [6.07, 6.45) is 1.86. The Hall–Kier alpha value is -0.120. The highest BCUT2D eigenvalue weighted by molar-refractivity contribution is 4.76. The van der Waals surface area contributed by atoms with Crippen molar-refractivity contribution in [3.63, 3.8) is 0 Å². The Bertz CT molecular complexity index is 141. The van der Waals surface area contributed by atoms with E-state index in [1.807, 2.05) is 0 Å². The molecule has 0 N–H and O–H groups in total. The summed E-state index contributed by atoms with van der Waals surface area (Å²) in [5, 5.41) is 0. The summed E-state index contributed by atoms with van der Waals surface area (Å²) in [6, 6.07) is 0. The Morgan fingerprint density at radius 3 is 2.58 bits per heavy atom. The summed E-state index contributed by atoms with van der Waals surface area (Å²) in [4.78, 5) is 0. The molecule has 2 aliphatic rings. The molecule has 70 valence electrons. The molecule has 0 saturated carbocycles. The number of ether oxygens (including phenoxy) is 3. The second kappa shape index (κ2) is 3.73. The summed E-state index contributed by atoms with van der Waals surface area (Å²) in [7, 11) is 0. The second-order valence-corrected chi connectivity index (χ2v) is 3.53. The first kappa shape index (κ1) is 8.48. The Balaban J connectivity index is 1.65. The van der Waals surface area contributed by atoms with Gasteiger partial charge in [0.1, 0.15) is 6.10 Å². The topological polar surface area (TPSA) is 31.0 Å². The van der Waals surface area contributed by atoms with Crippen molar-refractivity contribution in [2.45, 2.75) is 25.6 Å². The zero-order chi connectivity index (χ0) is 8.39. The van der Waals surface area contributed by atoms with Crippen molar-refractivity contribution in [2.24, 2.45) is 5.92 Å². The maximum absolute atomic E-state index is 5.71. The third-order valence-electron chi connectivity index (χ3n) is 2.49. The van der Waals surface area contributed by atoms with Crippen LogP contribution in [-0.4, -0.2) is 38.6 Å². The molecule has 0 aromatic heterocycles. The lowest BCUT2D eigenvalue weighted by Crippen LogP contribution is -2.39. The highest BCUT2D eigenvalue weighted by atomic mass is 16.6. The smallest absolute Gasteiger partial charge is 0.104 e. The molecular weight excluding hydrogens is 156 g/mol. The summed E-state index contributed by atoms with van der Waals surface area (Å²) in [5.74, 6) is 0.633. The third kappa shape index (κ3) is 1.97. The van der Waals surface area contributed by atoms with E-state index < -0.39 is 0 Å². The Morgan fingerprint density at radius 2 is 2.17 bits per heavy atom. The summed E-state index contributed by atoms with van der Waals surface area (Å²) < 4.78 is 15.9. The van der Waals surface area contributed by atoms with Crippen LogP contribution in [0.15, 0.2) is 0 Å². The Morgan fingerprint density at radius 1 is 1.42 bits per heavy atom. The van der Waals surface area contributed by atoms with Gasteiger partial charge in [0.25, 0.3) is 0 Å². The van der Waals surface area contributed by atoms with E-state index >= 15 is 0 Å². The van der Waals surface area contributed by atoms with Gasteiger partial charge in [0.05, 0.1) is 32.5 Å². The van der Waals surface area contributed by atoms with E-state index in [1.54, 1.807) is 0 Å². The van der Waals surface area contributed by atoms with Gasteiger partial charge in [0.15, 0.2) is 0 Å². The van der Waals surface area contributed by atoms with Crippen molar-refractivity contribution in [3.8, 4) is 0 Å². The molecule has 3 heteroatoms. The normalized spacial score (nSPS) is 31.2. The molecule has 2 aliphatic heterocycles. The zero-order valence-electron chi connectivity index (χ0n) is 7.49. The quantitative estimate of drug-likeness (QED) is 0.575. The molecule has 2 fully saturated rings. The minimum Gasteiger partial charge on any atom is -0.380 e. The largest absolute Gasteiger partial charge is 0.380 e. The first-order valence-electron chi connectivity index (χ1n) is 4.71. The standard InChI is InChI=1S/C9H16O3/c1-2-9(7-3-10-4-7)12-6-8-5-11-8/h7-9H,2-6H2,1H3. The highest BCUT2D eigenvalue weighted by Crippen LogP contribution is 2.21. The van der Waals surface area contributed by atoms with E-state index in [0.717, 1.165) is 32.8 Å². The number of epoxide rings is 1. The van der Waals surface area contributed by atoms with Crippen LogP contribution in [0.5, 0.6) is 0 Å². The Kier molecular flexibility index (Phi) is 2.63. The fraction of sp³-hybridized carbons (Fsp3) is 1.00. The minimum absolute atomic E-state index is 0.389. The van der Waals surface area contributed by atoms with Crippen LogP contribution in [0.1, 0.15) is 13.3 Å². The predicted molar refractivity (Wildman–Crippen MR) is 44.1 cm³/mol. The predicted octanol–water partition coefficient (Wildman–Crippen LogP) is 0.827. The van der Waals surface area contributed by atoms with Gasteiger partial charge in [-0.25, -0.2) is 0 Å². The maximum atomic E-state index is 5.71. The van der Waals surface area contributed by atoms with Crippen LogP contribution < -0.4 is 0 Å². The average Bonchev–Trinajstić information content (AvgIpc) is 2.76. The maximum Gasteiger partial charge on any atom is 0.104 e. The molecule has 0 radical (unpaired) electrons. The van der Waals surface area contributed by atoms with Gasteiger partial charge in [-0.1, -0.05) is 6.92 Å². The van der Waals surface area contributed by atoms with Gasteiger partial charge in [0.2, 0.25) is 0 Å². The van der Waals surface area contributed by atoms with Crippen LogP contribution in [0.25, 0.3) is 0 Å². The van der Waals surface area contributed by atoms with E-state index in [0.29, 0.717) is 18.1 Å². The molecule has 2 saturated heterocycles. The molecule has 0 amide bonds. The van der Waals surface area contributed by atoms with Crippen molar-refractivity contribution < 1.29 is 14.2 Å². The Labute approximate surface area is 73.0 Å². The van der Waals surface area contributed by atoms with E-state index in [-0.39, 0.29) is 0 Å². The molecule has 0 spiro atoms. The minimum atomic E-state index is 0.389. The third-order valence-corrected chi connectivity index (χ3v) is 2.49. The number of hydrogen-bond donors (Lipinski definition) is 0. The van der Waals surface area contributed by atoms with Gasteiger partial charge in [-0.15, -0.1) is 0 Å². The number of rotatable bonds is 5. The molecule has 2 heterocycles. The monoisotopic (exact) mass is 172 g/mol. The van der Waals surface area contributed by atoms with Crippen molar-refractivity contribution in [3.05, 3.63) is 0 Å². The fourth-order valence-corrected chi connectivity index (χ4v) is 1.45. The van der Waals surface area contributed by atoms with E-state index in [4.69, 9.17) is 14.2 Å². The van der Waals surface area contributed by atoms with Crippen molar-refractivity contribution in [2.75, 3.05) is 26.4 Å². The SMILES string of the molecule is CCC(OCC1CO1)C1COC1. The molecule has 0 aliphatic carbocycles. The van der Waals surface area contributed by atoms with Crippen LogP contribution in [0.3, 0.4) is 0 Å². The highest BCUT2D eigenvalue weighted by Gasteiger charge is 2.30. The molecule has 2 unspecified atom stereocenters. The van der Waals surface area contributed by atoms with Crippen LogP contribution in [0.2, 0.25) is 0 Å². The van der Waals surface area contributed by atoms with Gasteiger partial charge in [0, 0.05) is 5.92 Å². The van der Waals surface area contributed by atoms with Gasteiger partial charge >= 0.3 is 0 Å². The van der Waals surface area contributed by atoms with E-state index in [1.165, 1.54) is 0 Å². The molecule has 0 aromatic rings. The van der Waals surface area contributed by atoms with Gasteiger partial charge in [-0.05, 0) is 6.42 Å². The molecule has 0 aromatic carbocycles. The fourth-order valence-electron chi connectivity index (χ4n) is 1.45.